The van der Waals surface area contributed by atoms with Crippen molar-refractivity contribution in [2.24, 2.45) is 0 Å². The zero-order chi connectivity index (χ0) is 13.7. The molecule has 0 aliphatic carbocycles. The van der Waals surface area contributed by atoms with Crippen LogP contribution in [0.25, 0.3) is 0 Å². The molecule has 1 amide bonds. The van der Waals surface area contributed by atoms with Crippen molar-refractivity contribution in [1.29, 1.82) is 0 Å². The lowest BCUT2D eigenvalue weighted by molar-refractivity contribution is -0.142. The number of carbonyl (C=O) groups is 2. The largest absolute Gasteiger partial charge is 0.481 e. The third-order valence-corrected chi connectivity index (χ3v) is 2.50. The number of carbonyl (C=O) groups excluding carboxylic acids is 1. The first-order chi connectivity index (χ1) is 8.41. The summed E-state index contributed by atoms with van der Waals surface area (Å²) in [6, 6.07) is 6.40. The van der Waals surface area contributed by atoms with Gasteiger partial charge in [0.15, 0.2) is 6.10 Å². The van der Waals surface area contributed by atoms with E-state index in [-0.39, 0.29) is 0 Å². The Kier molecular flexibility index (Phi) is 4.71. The summed E-state index contributed by atoms with van der Waals surface area (Å²) in [6.07, 6.45) is -0.743. The number of nitrogens with one attached hydrogen (secondary N) is 1. The number of aliphatic carboxylic acids is 1. The quantitative estimate of drug-likeness (QED) is 0.828. The highest BCUT2D eigenvalue weighted by Gasteiger charge is 2.20. The van der Waals surface area contributed by atoms with E-state index in [2.05, 4.69) is 5.32 Å². The van der Waals surface area contributed by atoms with Crippen LogP contribution >= 0.6 is 0 Å². The van der Waals surface area contributed by atoms with Gasteiger partial charge < -0.3 is 15.2 Å². The van der Waals surface area contributed by atoms with Crippen molar-refractivity contribution in [2.75, 3.05) is 0 Å². The standard InChI is InChI=1S/C13H17NO4/c1-8-6-4-5-7-11(8)18-10(3)12(15)14-9(2)13(16)17/h4-7,9-10H,1-3H3,(H,14,15)(H,16,17). The maximum Gasteiger partial charge on any atom is 0.325 e. The summed E-state index contributed by atoms with van der Waals surface area (Å²) < 4.78 is 5.48. The molecule has 5 heteroatoms. The van der Waals surface area contributed by atoms with Gasteiger partial charge in [0.25, 0.3) is 5.91 Å². The highest BCUT2D eigenvalue weighted by molar-refractivity contribution is 5.86. The van der Waals surface area contributed by atoms with E-state index in [9.17, 15) is 9.59 Å². The number of hydrogen-bond acceptors (Lipinski definition) is 3. The number of rotatable bonds is 5. The van der Waals surface area contributed by atoms with E-state index in [0.29, 0.717) is 5.75 Å². The summed E-state index contributed by atoms with van der Waals surface area (Å²) in [5, 5.41) is 11.0. The first kappa shape index (κ1) is 14.0. The van der Waals surface area contributed by atoms with Crippen molar-refractivity contribution in [2.45, 2.75) is 32.9 Å². The first-order valence-corrected chi connectivity index (χ1v) is 5.67. The van der Waals surface area contributed by atoms with Crippen molar-refractivity contribution in [3.63, 3.8) is 0 Å². The number of para-hydroxylation sites is 1. The number of amides is 1. The predicted octanol–water partition coefficient (Wildman–Crippen LogP) is 1.35. The summed E-state index contributed by atoms with van der Waals surface area (Å²) in [4.78, 5) is 22.3. The molecular weight excluding hydrogens is 234 g/mol. The Labute approximate surface area is 106 Å². The van der Waals surface area contributed by atoms with Gasteiger partial charge in [-0.15, -0.1) is 0 Å². The van der Waals surface area contributed by atoms with Crippen LogP contribution in [0.2, 0.25) is 0 Å². The minimum Gasteiger partial charge on any atom is -0.481 e. The van der Waals surface area contributed by atoms with Crippen LogP contribution < -0.4 is 10.1 Å². The van der Waals surface area contributed by atoms with Gasteiger partial charge in [0.2, 0.25) is 0 Å². The lowest BCUT2D eigenvalue weighted by atomic mass is 10.2. The number of benzene rings is 1. The molecule has 0 aliphatic heterocycles. The van der Waals surface area contributed by atoms with E-state index < -0.39 is 24.0 Å². The van der Waals surface area contributed by atoms with E-state index in [4.69, 9.17) is 9.84 Å². The van der Waals surface area contributed by atoms with Gasteiger partial charge in [-0.05, 0) is 32.4 Å². The fraction of sp³-hybridized carbons (Fsp3) is 0.385. The van der Waals surface area contributed by atoms with Crippen LogP contribution in [0, 0.1) is 6.92 Å². The summed E-state index contributed by atoms with van der Waals surface area (Å²) in [5.74, 6) is -0.914. The second-order valence-corrected chi connectivity index (χ2v) is 4.09. The number of ether oxygens (including phenoxy) is 1. The highest BCUT2D eigenvalue weighted by Crippen LogP contribution is 2.17. The van der Waals surface area contributed by atoms with Crippen molar-refractivity contribution in [3.8, 4) is 5.75 Å². The van der Waals surface area contributed by atoms with Crippen LogP contribution in [0.5, 0.6) is 5.75 Å². The monoisotopic (exact) mass is 251 g/mol. The van der Waals surface area contributed by atoms with Crippen molar-refractivity contribution in [1.82, 2.24) is 5.32 Å². The van der Waals surface area contributed by atoms with Crippen LogP contribution in [0.1, 0.15) is 19.4 Å². The van der Waals surface area contributed by atoms with Crippen molar-refractivity contribution < 1.29 is 19.4 Å². The Morgan fingerprint density at radius 1 is 1.28 bits per heavy atom. The summed E-state index contributed by atoms with van der Waals surface area (Å²) >= 11 is 0. The molecule has 0 spiro atoms. The Hall–Kier alpha value is -2.04. The van der Waals surface area contributed by atoms with Gasteiger partial charge in [-0.3, -0.25) is 9.59 Å². The van der Waals surface area contributed by atoms with Gasteiger partial charge in [-0.1, -0.05) is 18.2 Å². The van der Waals surface area contributed by atoms with E-state index in [0.717, 1.165) is 5.56 Å². The van der Waals surface area contributed by atoms with E-state index in [1.807, 2.05) is 25.1 Å². The van der Waals surface area contributed by atoms with Gasteiger partial charge in [-0.2, -0.15) is 0 Å². The smallest absolute Gasteiger partial charge is 0.325 e. The van der Waals surface area contributed by atoms with Gasteiger partial charge in [0, 0.05) is 0 Å². The maximum atomic E-state index is 11.7. The van der Waals surface area contributed by atoms with Crippen LogP contribution in [-0.2, 0) is 9.59 Å². The zero-order valence-electron chi connectivity index (χ0n) is 10.6. The Balaban J connectivity index is 2.60. The summed E-state index contributed by atoms with van der Waals surface area (Å²) in [6.45, 7) is 4.86. The molecule has 98 valence electrons. The van der Waals surface area contributed by atoms with E-state index in [1.54, 1.807) is 13.0 Å². The van der Waals surface area contributed by atoms with Crippen LogP contribution in [0.3, 0.4) is 0 Å². The number of carboxylic acids is 1. The molecule has 5 nitrogen and oxygen atoms in total. The first-order valence-electron chi connectivity index (χ1n) is 5.67. The van der Waals surface area contributed by atoms with Gasteiger partial charge in [0.05, 0.1) is 0 Å². The Bertz CT molecular complexity index is 444. The highest BCUT2D eigenvalue weighted by atomic mass is 16.5. The molecule has 0 heterocycles. The van der Waals surface area contributed by atoms with Crippen LogP contribution in [0.15, 0.2) is 24.3 Å². The fourth-order valence-electron chi connectivity index (χ4n) is 1.33. The normalized spacial score (nSPS) is 13.5. The minimum atomic E-state index is -1.08. The molecule has 0 saturated heterocycles. The predicted molar refractivity (Wildman–Crippen MR) is 66.5 cm³/mol. The SMILES string of the molecule is Cc1ccccc1OC(C)C(=O)NC(C)C(=O)O. The summed E-state index contributed by atoms with van der Waals surface area (Å²) in [7, 11) is 0. The average molecular weight is 251 g/mol. The number of hydrogen-bond donors (Lipinski definition) is 2. The lowest BCUT2D eigenvalue weighted by Crippen LogP contribution is -2.44. The third kappa shape index (κ3) is 3.76. The molecular formula is C13H17NO4. The molecule has 2 N–H and O–H groups in total. The Morgan fingerprint density at radius 2 is 1.89 bits per heavy atom. The van der Waals surface area contributed by atoms with Gasteiger partial charge in [-0.25, -0.2) is 0 Å². The number of carboxylic acid groups (broad SMARTS) is 1. The van der Waals surface area contributed by atoms with Gasteiger partial charge in [0.1, 0.15) is 11.8 Å². The Morgan fingerprint density at radius 3 is 2.44 bits per heavy atom. The second-order valence-electron chi connectivity index (χ2n) is 4.09. The van der Waals surface area contributed by atoms with Crippen molar-refractivity contribution in [3.05, 3.63) is 29.8 Å². The molecule has 1 aromatic carbocycles. The summed E-state index contributed by atoms with van der Waals surface area (Å²) in [5.41, 5.74) is 0.920. The molecule has 0 aliphatic rings. The van der Waals surface area contributed by atoms with E-state index in [1.165, 1.54) is 6.92 Å². The van der Waals surface area contributed by atoms with Crippen LogP contribution in [-0.4, -0.2) is 29.1 Å². The molecule has 0 radical (unpaired) electrons. The molecule has 0 bridgehead atoms. The zero-order valence-corrected chi connectivity index (χ0v) is 10.6. The lowest BCUT2D eigenvalue weighted by Gasteiger charge is -2.17. The number of aryl methyl sites for hydroxylation is 1. The molecule has 2 atom stereocenters. The van der Waals surface area contributed by atoms with Crippen molar-refractivity contribution >= 4 is 11.9 Å². The molecule has 1 aromatic rings. The molecule has 1 rings (SSSR count). The minimum absolute atomic E-state index is 0.451. The van der Waals surface area contributed by atoms with E-state index >= 15 is 0 Å². The topological polar surface area (TPSA) is 75.6 Å². The molecule has 2 unspecified atom stereocenters. The molecule has 0 saturated carbocycles. The third-order valence-electron chi connectivity index (χ3n) is 2.50. The average Bonchev–Trinajstić information content (AvgIpc) is 2.31. The maximum absolute atomic E-state index is 11.7. The second kappa shape index (κ2) is 6.05. The molecule has 0 aromatic heterocycles. The fourth-order valence-corrected chi connectivity index (χ4v) is 1.33. The van der Waals surface area contributed by atoms with Crippen LogP contribution in [0.4, 0.5) is 0 Å². The molecule has 18 heavy (non-hydrogen) atoms. The molecule has 0 fully saturated rings. The van der Waals surface area contributed by atoms with Gasteiger partial charge >= 0.3 is 5.97 Å².